The number of hydrogen-bond donors (Lipinski definition) is 2. The summed E-state index contributed by atoms with van der Waals surface area (Å²) in [5, 5.41) is 5.15. The summed E-state index contributed by atoms with van der Waals surface area (Å²) in [6.07, 6.45) is 5.80. The normalized spacial score (nSPS) is 16.6. The minimum atomic E-state index is -0.750. The Hall–Kier alpha value is -2.48. The molecule has 2 N–H and O–H groups in total. The molecule has 0 unspecified atom stereocenters. The predicted molar refractivity (Wildman–Crippen MR) is 101 cm³/mol. The summed E-state index contributed by atoms with van der Waals surface area (Å²) in [5.41, 5.74) is 0.133. The fraction of sp³-hybridized carbons (Fsp3) is 0.526. The summed E-state index contributed by atoms with van der Waals surface area (Å²) in [6.45, 7) is 0.336. The van der Waals surface area contributed by atoms with Crippen molar-refractivity contribution in [3.63, 3.8) is 0 Å². The molecule has 1 aliphatic heterocycles. The Morgan fingerprint density at radius 2 is 1.82 bits per heavy atom. The maximum absolute atomic E-state index is 12.2. The Balaban J connectivity index is 1.49. The topological polar surface area (TPSA) is 103 Å². The third-order valence-electron chi connectivity index (χ3n) is 4.57. The van der Waals surface area contributed by atoms with Crippen LogP contribution in [0.4, 0.5) is 4.79 Å². The molecule has 3 rings (SSSR count). The number of benzene rings is 1. The van der Waals surface area contributed by atoms with E-state index in [1.54, 1.807) is 0 Å². The van der Waals surface area contributed by atoms with Crippen LogP contribution in [-0.2, 0) is 9.53 Å². The van der Waals surface area contributed by atoms with Gasteiger partial charge in [-0.05, 0) is 25.0 Å². The average molecular weight is 411 g/mol. The van der Waals surface area contributed by atoms with E-state index < -0.39 is 24.5 Å². The first-order chi connectivity index (χ1) is 13.5. The first-order valence-corrected chi connectivity index (χ1v) is 9.77. The number of urea groups is 1. The molecule has 0 bridgehead atoms. The van der Waals surface area contributed by atoms with Gasteiger partial charge in [0.15, 0.2) is 18.1 Å². The average Bonchev–Trinajstić information content (AvgIpc) is 2.92. The van der Waals surface area contributed by atoms with E-state index in [1.807, 2.05) is 0 Å². The smallest absolute Gasteiger partial charge is 0.338 e. The summed E-state index contributed by atoms with van der Waals surface area (Å²) in [4.78, 5) is 35.9. The van der Waals surface area contributed by atoms with Crippen LogP contribution >= 0.6 is 11.6 Å². The monoisotopic (exact) mass is 410 g/mol. The van der Waals surface area contributed by atoms with Crippen molar-refractivity contribution in [1.29, 1.82) is 0 Å². The highest BCUT2D eigenvalue weighted by atomic mass is 35.5. The number of carbonyl (C=O) groups is 3. The van der Waals surface area contributed by atoms with Crippen LogP contribution in [0.3, 0.4) is 0 Å². The van der Waals surface area contributed by atoms with Crippen LogP contribution in [0.2, 0.25) is 5.02 Å². The molecule has 1 heterocycles. The number of esters is 1. The maximum Gasteiger partial charge on any atom is 0.338 e. The number of hydrogen-bond acceptors (Lipinski definition) is 6. The van der Waals surface area contributed by atoms with Crippen LogP contribution in [0.15, 0.2) is 12.1 Å². The molecule has 9 heteroatoms. The molecule has 28 heavy (non-hydrogen) atoms. The highest BCUT2D eigenvalue weighted by Crippen LogP contribution is 2.38. The SMILES string of the molecule is O=C(COC(=O)c1cc(Cl)c2c(c1)OCCCO2)NC(=O)NC1CCCCC1. The number of ether oxygens (including phenoxy) is 3. The van der Waals surface area contributed by atoms with Crippen LogP contribution in [-0.4, -0.2) is 43.8 Å². The highest BCUT2D eigenvalue weighted by Gasteiger charge is 2.21. The third-order valence-corrected chi connectivity index (χ3v) is 4.85. The standard InChI is InChI=1S/C19H23ClN2O6/c20-14-9-12(10-15-17(14)27-8-4-7-26-15)18(24)28-11-16(23)22-19(25)21-13-5-2-1-3-6-13/h9-10,13H,1-8,11H2,(H2,21,22,23,25). The van der Waals surface area contributed by atoms with Gasteiger partial charge in [0, 0.05) is 12.5 Å². The molecule has 0 atom stereocenters. The fourth-order valence-electron chi connectivity index (χ4n) is 3.19. The minimum absolute atomic E-state index is 0.0769. The lowest BCUT2D eigenvalue weighted by molar-refractivity contribution is -0.123. The zero-order chi connectivity index (χ0) is 19.9. The molecule has 152 valence electrons. The highest BCUT2D eigenvalue weighted by molar-refractivity contribution is 6.32. The zero-order valence-electron chi connectivity index (χ0n) is 15.4. The van der Waals surface area contributed by atoms with E-state index in [1.165, 1.54) is 18.6 Å². The number of nitrogens with one attached hydrogen (secondary N) is 2. The first kappa shape index (κ1) is 20.3. The molecule has 0 spiro atoms. The van der Waals surface area contributed by atoms with Crippen molar-refractivity contribution in [2.45, 2.75) is 44.6 Å². The third kappa shape index (κ3) is 5.51. The van der Waals surface area contributed by atoms with Gasteiger partial charge >= 0.3 is 12.0 Å². The van der Waals surface area contributed by atoms with Crippen LogP contribution < -0.4 is 20.1 Å². The first-order valence-electron chi connectivity index (χ1n) is 9.39. The Labute approximate surface area is 167 Å². The fourth-order valence-corrected chi connectivity index (χ4v) is 3.46. The molecule has 1 aromatic carbocycles. The molecule has 0 saturated heterocycles. The summed E-state index contributed by atoms with van der Waals surface area (Å²) in [7, 11) is 0. The minimum Gasteiger partial charge on any atom is -0.489 e. The van der Waals surface area contributed by atoms with Gasteiger partial charge in [-0.1, -0.05) is 30.9 Å². The van der Waals surface area contributed by atoms with E-state index in [4.69, 9.17) is 25.8 Å². The molecular formula is C19H23ClN2O6. The Bertz CT molecular complexity index is 748. The van der Waals surface area contributed by atoms with Gasteiger partial charge in [0.05, 0.1) is 23.8 Å². The predicted octanol–water partition coefficient (Wildman–Crippen LogP) is 2.82. The molecule has 1 aromatic rings. The number of carbonyl (C=O) groups excluding carboxylic acids is 3. The number of fused-ring (bicyclic) bond motifs is 1. The van der Waals surface area contributed by atoms with E-state index in [2.05, 4.69) is 10.6 Å². The number of rotatable bonds is 4. The lowest BCUT2D eigenvalue weighted by atomic mass is 9.96. The van der Waals surface area contributed by atoms with Gasteiger partial charge in [-0.15, -0.1) is 0 Å². The van der Waals surface area contributed by atoms with E-state index in [0.29, 0.717) is 31.1 Å². The molecule has 0 radical (unpaired) electrons. The largest absolute Gasteiger partial charge is 0.489 e. The lowest BCUT2D eigenvalue weighted by Gasteiger charge is -2.22. The van der Waals surface area contributed by atoms with Crippen LogP contribution in [0.25, 0.3) is 0 Å². The molecule has 1 saturated carbocycles. The molecule has 1 fully saturated rings. The molecule has 3 amide bonds. The molecule has 2 aliphatic rings. The number of amides is 3. The van der Waals surface area contributed by atoms with E-state index >= 15 is 0 Å². The molecular weight excluding hydrogens is 388 g/mol. The quantitative estimate of drug-likeness (QED) is 0.740. The Kier molecular flexibility index (Phi) is 6.97. The van der Waals surface area contributed by atoms with Crippen LogP contribution in [0.5, 0.6) is 11.5 Å². The molecule has 0 aromatic heterocycles. The lowest BCUT2D eigenvalue weighted by Crippen LogP contribution is -2.46. The van der Waals surface area contributed by atoms with Crippen LogP contribution in [0, 0.1) is 0 Å². The van der Waals surface area contributed by atoms with E-state index in [-0.39, 0.29) is 16.6 Å². The summed E-state index contributed by atoms with van der Waals surface area (Å²) in [6, 6.07) is 2.35. The van der Waals surface area contributed by atoms with Crippen molar-refractivity contribution >= 4 is 29.5 Å². The van der Waals surface area contributed by atoms with E-state index in [9.17, 15) is 14.4 Å². The van der Waals surface area contributed by atoms with E-state index in [0.717, 1.165) is 25.7 Å². The van der Waals surface area contributed by atoms with Gasteiger partial charge in [-0.3, -0.25) is 10.1 Å². The Morgan fingerprint density at radius 1 is 1.07 bits per heavy atom. The maximum atomic E-state index is 12.2. The van der Waals surface area contributed by atoms with Crippen molar-refractivity contribution in [3.05, 3.63) is 22.7 Å². The molecule has 8 nitrogen and oxygen atoms in total. The van der Waals surface area contributed by atoms with Crippen molar-refractivity contribution in [2.75, 3.05) is 19.8 Å². The summed E-state index contributed by atoms with van der Waals surface area (Å²) in [5.74, 6) is -0.719. The second kappa shape index (κ2) is 9.64. The number of imide groups is 1. The van der Waals surface area contributed by atoms with Gasteiger partial charge in [0.25, 0.3) is 5.91 Å². The van der Waals surface area contributed by atoms with Gasteiger partial charge < -0.3 is 19.5 Å². The van der Waals surface area contributed by atoms with Gasteiger partial charge in [-0.25, -0.2) is 9.59 Å². The van der Waals surface area contributed by atoms with Crippen molar-refractivity contribution in [2.24, 2.45) is 0 Å². The summed E-state index contributed by atoms with van der Waals surface area (Å²) < 4.78 is 16.0. The van der Waals surface area contributed by atoms with Crippen LogP contribution in [0.1, 0.15) is 48.9 Å². The second-order valence-electron chi connectivity index (χ2n) is 6.77. The van der Waals surface area contributed by atoms with Crippen molar-refractivity contribution < 1.29 is 28.6 Å². The Morgan fingerprint density at radius 3 is 2.61 bits per heavy atom. The van der Waals surface area contributed by atoms with Crippen molar-refractivity contribution in [1.82, 2.24) is 10.6 Å². The van der Waals surface area contributed by atoms with Gasteiger partial charge in [0.1, 0.15) is 0 Å². The molecule has 1 aliphatic carbocycles. The van der Waals surface area contributed by atoms with Gasteiger partial charge in [-0.2, -0.15) is 0 Å². The number of halogens is 1. The summed E-state index contributed by atoms with van der Waals surface area (Å²) >= 11 is 6.14. The zero-order valence-corrected chi connectivity index (χ0v) is 16.2. The van der Waals surface area contributed by atoms with Gasteiger partial charge in [0.2, 0.25) is 0 Å². The van der Waals surface area contributed by atoms with Crippen molar-refractivity contribution in [3.8, 4) is 11.5 Å². The second-order valence-corrected chi connectivity index (χ2v) is 7.18.